The molecule has 1 amide bonds. The maximum atomic E-state index is 12.0. The van der Waals surface area contributed by atoms with Gasteiger partial charge in [-0.15, -0.1) is 0 Å². The third kappa shape index (κ3) is 6.16. The van der Waals surface area contributed by atoms with Crippen molar-refractivity contribution in [2.45, 2.75) is 20.3 Å². The first-order chi connectivity index (χ1) is 10.1. The van der Waals surface area contributed by atoms with Crippen molar-refractivity contribution in [2.24, 2.45) is 0 Å². The van der Waals surface area contributed by atoms with Crippen LogP contribution in [0.15, 0.2) is 24.3 Å². The first-order valence-electron chi connectivity index (χ1n) is 6.98. The molecule has 0 saturated carbocycles. The highest BCUT2D eigenvalue weighted by Gasteiger charge is 2.16. The Morgan fingerprint density at radius 1 is 1.19 bits per heavy atom. The summed E-state index contributed by atoms with van der Waals surface area (Å²) in [4.78, 5) is 24.8. The molecule has 0 aliphatic carbocycles. The lowest BCUT2D eigenvalue weighted by atomic mass is 10.3. The van der Waals surface area contributed by atoms with E-state index in [1.54, 1.807) is 31.2 Å². The van der Waals surface area contributed by atoms with Gasteiger partial charge in [0.25, 0.3) is 0 Å². The zero-order valence-corrected chi connectivity index (χ0v) is 12.5. The number of rotatable bonds is 8. The maximum absolute atomic E-state index is 12.0. The fourth-order valence-corrected chi connectivity index (χ4v) is 1.72. The predicted molar refractivity (Wildman–Crippen MR) is 79.9 cm³/mol. The van der Waals surface area contributed by atoms with Gasteiger partial charge < -0.3 is 20.1 Å². The average Bonchev–Trinajstić information content (AvgIpc) is 2.47. The third-order valence-electron chi connectivity index (χ3n) is 2.82. The molecular formula is C15H22N2O4. The van der Waals surface area contributed by atoms with Gasteiger partial charge in [-0.1, -0.05) is 0 Å². The summed E-state index contributed by atoms with van der Waals surface area (Å²) >= 11 is 0. The Kier molecular flexibility index (Phi) is 7.08. The summed E-state index contributed by atoms with van der Waals surface area (Å²) in [5.41, 5.74) is 6.23. The van der Waals surface area contributed by atoms with Gasteiger partial charge in [-0.25, -0.2) is 0 Å². The van der Waals surface area contributed by atoms with Crippen molar-refractivity contribution >= 4 is 17.6 Å². The summed E-state index contributed by atoms with van der Waals surface area (Å²) in [6, 6.07) is 6.96. The van der Waals surface area contributed by atoms with E-state index >= 15 is 0 Å². The van der Waals surface area contributed by atoms with E-state index in [4.69, 9.17) is 15.2 Å². The summed E-state index contributed by atoms with van der Waals surface area (Å²) in [5.74, 6) is 0.124. The molecule has 2 N–H and O–H groups in total. The highest BCUT2D eigenvalue weighted by molar-refractivity contribution is 5.82. The minimum Gasteiger partial charge on any atom is -0.493 e. The highest BCUT2D eigenvalue weighted by Crippen LogP contribution is 2.13. The fraction of sp³-hybridized carbons (Fsp3) is 0.467. The zero-order valence-electron chi connectivity index (χ0n) is 12.5. The van der Waals surface area contributed by atoms with Gasteiger partial charge in [0, 0.05) is 12.2 Å². The molecular weight excluding hydrogens is 272 g/mol. The molecule has 0 heterocycles. The second kappa shape index (κ2) is 8.84. The summed E-state index contributed by atoms with van der Waals surface area (Å²) in [7, 11) is 0. The molecule has 0 saturated heterocycles. The smallest absolute Gasteiger partial charge is 0.325 e. The quantitative estimate of drug-likeness (QED) is 0.579. The van der Waals surface area contributed by atoms with Crippen LogP contribution in [0.3, 0.4) is 0 Å². The molecule has 6 nitrogen and oxygen atoms in total. The number of carbonyl (C=O) groups is 2. The van der Waals surface area contributed by atoms with E-state index in [1.807, 2.05) is 6.92 Å². The molecule has 0 spiro atoms. The van der Waals surface area contributed by atoms with Gasteiger partial charge in [-0.3, -0.25) is 9.59 Å². The number of hydrogen-bond donors (Lipinski definition) is 1. The van der Waals surface area contributed by atoms with Gasteiger partial charge in [-0.05, 0) is 38.1 Å². The number of nitrogens with two attached hydrogens (primary N) is 1. The monoisotopic (exact) mass is 294 g/mol. The zero-order chi connectivity index (χ0) is 15.7. The van der Waals surface area contributed by atoms with Gasteiger partial charge in [0.1, 0.15) is 12.3 Å². The number of amides is 1. The van der Waals surface area contributed by atoms with E-state index in [1.165, 1.54) is 4.90 Å². The van der Waals surface area contributed by atoms with E-state index in [0.717, 1.165) is 0 Å². The van der Waals surface area contributed by atoms with Crippen LogP contribution >= 0.6 is 0 Å². The average molecular weight is 294 g/mol. The summed E-state index contributed by atoms with van der Waals surface area (Å²) in [6.45, 7) is 4.55. The lowest BCUT2D eigenvalue weighted by Crippen LogP contribution is -2.36. The summed E-state index contributed by atoms with van der Waals surface area (Å²) in [6.07, 6.45) is 0.206. The Bertz CT molecular complexity index is 459. The van der Waals surface area contributed by atoms with Gasteiger partial charge in [0.2, 0.25) is 5.91 Å². The molecule has 0 unspecified atom stereocenters. The van der Waals surface area contributed by atoms with Crippen LogP contribution in [0, 0.1) is 0 Å². The normalized spacial score (nSPS) is 10.0. The topological polar surface area (TPSA) is 81.9 Å². The highest BCUT2D eigenvalue weighted by atomic mass is 16.5. The van der Waals surface area contributed by atoms with Crippen LogP contribution in [0.4, 0.5) is 5.69 Å². The molecule has 0 radical (unpaired) electrons. The molecule has 0 atom stereocenters. The van der Waals surface area contributed by atoms with E-state index in [0.29, 0.717) is 24.6 Å². The maximum Gasteiger partial charge on any atom is 0.325 e. The summed E-state index contributed by atoms with van der Waals surface area (Å²) < 4.78 is 10.3. The molecule has 0 bridgehead atoms. The number of carbonyl (C=O) groups excluding carboxylic acids is 2. The largest absolute Gasteiger partial charge is 0.493 e. The van der Waals surface area contributed by atoms with Crippen molar-refractivity contribution in [1.29, 1.82) is 0 Å². The van der Waals surface area contributed by atoms with Crippen molar-refractivity contribution in [3.05, 3.63) is 24.3 Å². The summed E-state index contributed by atoms with van der Waals surface area (Å²) in [5, 5.41) is 0. The van der Waals surface area contributed by atoms with Gasteiger partial charge in [0.15, 0.2) is 0 Å². The number of nitrogen functional groups attached to an aromatic ring is 1. The first-order valence-corrected chi connectivity index (χ1v) is 6.98. The Labute approximate surface area is 124 Å². The van der Waals surface area contributed by atoms with Crippen LogP contribution in [0.5, 0.6) is 5.75 Å². The van der Waals surface area contributed by atoms with E-state index in [9.17, 15) is 9.59 Å². The van der Waals surface area contributed by atoms with E-state index in [-0.39, 0.29) is 25.5 Å². The predicted octanol–water partition coefficient (Wildman–Crippen LogP) is 1.45. The number of anilines is 1. The molecule has 1 rings (SSSR count). The van der Waals surface area contributed by atoms with Crippen LogP contribution in [-0.2, 0) is 14.3 Å². The number of hydrogen-bond acceptors (Lipinski definition) is 5. The molecule has 21 heavy (non-hydrogen) atoms. The van der Waals surface area contributed by atoms with Crippen molar-refractivity contribution < 1.29 is 19.1 Å². The van der Waals surface area contributed by atoms with Crippen LogP contribution in [0.2, 0.25) is 0 Å². The number of nitrogens with zero attached hydrogens (tertiary/aromatic N) is 1. The van der Waals surface area contributed by atoms with Crippen LogP contribution < -0.4 is 10.5 Å². The Morgan fingerprint density at radius 2 is 1.86 bits per heavy atom. The molecule has 1 aromatic rings. The van der Waals surface area contributed by atoms with Crippen molar-refractivity contribution in [3.8, 4) is 5.75 Å². The SMILES string of the molecule is CCOC(=O)CN(CC)C(=O)CCOc1ccc(N)cc1. The molecule has 0 aromatic heterocycles. The van der Waals surface area contributed by atoms with Crippen LogP contribution in [0.25, 0.3) is 0 Å². The van der Waals surface area contributed by atoms with Gasteiger partial charge in [0.05, 0.1) is 19.6 Å². The van der Waals surface area contributed by atoms with E-state index in [2.05, 4.69) is 0 Å². The Balaban J connectivity index is 2.36. The second-order valence-electron chi connectivity index (χ2n) is 4.38. The first kappa shape index (κ1) is 16.8. The minimum atomic E-state index is -0.396. The lowest BCUT2D eigenvalue weighted by molar-refractivity contribution is -0.149. The Hall–Kier alpha value is -2.24. The van der Waals surface area contributed by atoms with Gasteiger partial charge in [-0.2, -0.15) is 0 Å². The Morgan fingerprint density at radius 3 is 2.43 bits per heavy atom. The number of ether oxygens (including phenoxy) is 2. The number of esters is 1. The van der Waals surface area contributed by atoms with Crippen LogP contribution in [-0.4, -0.2) is 43.1 Å². The van der Waals surface area contributed by atoms with Crippen LogP contribution in [0.1, 0.15) is 20.3 Å². The molecule has 116 valence electrons. The molecule has 0 fully saturated rings. The molecule has 1 aromatic carbocycles. The van der Waals surface area contributed by atoms with Crippen molar-refractivity contribution in [3.63, 3.8) is 0 Å². The van der Waals surface area contributed by atoms with Crippen molar-refractivity contribution in [2.75, 3.05) is 32.0 Å². The molecule has 6 heteroatoms. The second-order valence-corrected chi connectivity index (χ2v) is 4.38. The number of benzene rings is 1. The van der Waals surface area contributed by atoms with Crippen molar-refractivity contribution in [1.82, 2.24) is 4.90 Å². The minimum absolute atomic E-state index is 0.0228. The van der Waals surface area contributed by atoms with Gasteiger partial charge >= 0.3 is 5.97 Å². The van der Waals surface area contributed by atoms with E-state index < -0.39 is 5.97 Å². The number of likely N-dealkylation sites (N-methyl/N-ethyl adjacent to an activating group) is 1. The molecule has 0 aliphatic heterocycles. The fourth-order valence-electron chi connectivity index (χ4n) is 1.72. The standard InChI is InChI=1S/C15H22N2O4/c1-3-17(11-15(19)20-4-2)14(18)9-10-21-13-7-5-12(16)6-8-13/h5-8H,3-4,9-11,16H2,1-2H3. The third-order valence-corrected chi connectivity index (χ3v) is 2.82. The lowest BCUT2D eigenvalue weighted by Gasteiger charge is -2.19. The molecule has 0 aliphatic rings.